The minimum atomic E-state index is -0.135. The highest BCUT2D eigenvalue weighted by Gasteiger charge is 2.23. The Morgan fingerprint density at radius 3 is 1.39 bits per heavy atom. The fourth-order valence-electron chi connectivity index (χ4n) is 3.13. The summed E-state index contributed by atoms with van der Waals surface area (Å²) in [4.78, 5) is 35.9. The summed E-state index contributed by atoms with van der Waals surface area (Å²) in [6, 6.07) is 14.3. The number of ketones is 1. The van der Waals surface area contributed by atoms with E-state index in [2.05, 4.69) is 10.6 Å². The maximum absolute atomic E-state index is 12.7. The number of benzene rings is 2. The molecule has 0 spiro atoms. The Hall–Kier alpha value is -3.47. The van der Waals surface area contributed by atoms with E-state index < -0.39 is 0 Å². The van der Waals surface area contributed by atoms with Crippen molar-refractivity contribution in [2.45, 2.75) is 12.8 Å². The maximum atomic E-state index is 12.7. The van der Waals surface area contributed by atoms with Gasteiger partial charge in [0.25, 0.3) is 11.8 Å². The van der Waals surface area contributed by atoms with Gasteiger partial charge in [-0.3, -0.25) is 14.4 Å². The van der Waals surface area contributed by atoms with Gasteiger partial charge in [-0.25, -0.2) is 0 Å². The summed E-state index contributed by atoms with van der Waals surface area (Å²) in [5.41, 5.74) is 4.49. The second-order valence-electron chi connectivity index (χ2n) is 6.57. The van der Waals surface area contributed by atoms with Gasteiger partial charge >= 0.3 is 0 Å². The number of nitrogens with one attached hydrogen (secondary N) is 2. The van der Waals surface area contributed by atoms with Crippen molar-refractivity contribution in [3.63, 3.8) is 0 Å². The SMILES string of the molecule is CNC(=O)c1ccc(C=C2CCC(=Cc3ccc(C(=O)NC)cc3)C2=O)cc1. The summed E-state index contributed by atoms with van der Waals surface area (Å²) >= 11 is 0. The lowest BCUT2D eigenvalue weighted by Gasteiger charge is -2.02. The van der Waals surface area contributed by atoms with Crippen LogP contribution >= 0.6 is 0 Å². The molecule has 0 heterocycles. The molecule has 28 heavy (non-hydrogen) atoms. The average molecular weight is 374 g/mol. The molecule has 2 N–H and O–H groups in total. The molecule has 1 fully saturated rings. The minimum absolute atomic E-state index is 0.0470. The summed E-state index contributed by atoms with van der Waals surface area (Å²) in [6.07, 6.45) is 5.15. The Morgan fingerprint density at radius 1 is 0.714 bits per heavy atom. The van der Waals surface area contributed by atoms with E-state index in [0.717, 1.165) is 22.3 Å². The number of rotatable bonds is 4. The smallest absolute Gasteiger partial charge is 0.251 e. The molecule has 5 nitrogen and oxygen atoms in total. The minimum Gasteiger partial charge on any atom is -0.355 e. The molecule has 0 aromatic heterocycles. The van der Waals surface area contributed by atoms with E-state index in [4.69, 9.17) is 0 Å². The molecule has 3 rings (SSSR count). The second-order valence-corrected chi connectivity index (χ2v) is 6.57. The fourth-order valence-corrected chi connectivity index (χ4v) is 3.13. The van der Waals surface area contributed by atoms with Crippen molar-refractivity contribution >= 4 is 29.7 Å². The highest BCUT2D eigenvalue weighted by atomic mass is 16.2. The molecule has 0 unspecified atom stereocenters. The third kappa shape index (κ3) is 4.26. The van der Waals surface area contributed by atoms with Gasteiger partial charge in [0.2, 0.25) is 0 Å². The molecule has 0 aliphatic heterocycles. The number of carbonyl (C=O) groups excluding carboxylic acids is 3. The van der Waals surface area contributed by atoms with Crippen LogP contribution < -0.4 is 10.6 Å². The van der Waals surface area contributed by atoms with Gasteiger partial charge in [-0.2, -0.15) is 0 Å². The van der Waals surface area contributed by atoms with Gasteiger partial charge in [0, 0.05) is 36.4 Å². The van der Waals surface area contributed by atoms with Crippen LogP contribution in [0, 0.1) is 0 Å². The summed E-state index contributed by atoms with van der Waals surface area (Å²) in [7, 11) is 3.19. The lowest BCUT2D eigenvalue weighted by atomic mass is 10.0. The summed E-state index contributed by atoms with van der Waals surface area (Å²) in [6.45, 7) is 0. The molecule has 0 bridgehead atoms. The molecule has 5 heteroatoms. The van der Waals surface area contributed by atoms with Gasteiger partial charge in [-0.05, 0) is 60.4 Å². The number of hydrogen-bond acceptors (Lipinski definition) is 3. The van der Waals surface area contributed by atoms with Crippen LogP contribution in [-0.2, 0) is 4.79 Å². The number of Topliss-reactive ketones (excluding diaryl/α,β-unsaturated/α-hetero) is 1. The van der Waals surface area contributed by atoms with Crippen LogP contribution in [0.15, 0.2) is 59.7 Å². The molecule has 142 valence electrons. The van der Waals surface area contributed by atoms with E-state index in [1.807, 2.05) is 36.4 Å². The van der Waals surface area contributed by atoms with E-state index in [1.54, 1.807) is 38.4 Å². The van der Waals surface area contributed by atoms with Gasteiger partial charge in [0.05, 0.1) is 0 Å². The van der Waals surface area contributed by atoms with E-state index in [1.165, 1.54) is 0 Å². The zero-order chi connectivity index (χ0) is 20.1. The number of allylic oxidation sites excluding steroid dienone is 2. The van der Waals surface area contributed by atoms with Crippen molar-refractivity contribution in [1.82, 2.24) is 10.6 Å². The van der Waals surface area contributed by atoms with Crippen LogP contribution in [0.4, 0.5) is 0 Å². The molecular weight excluding hydrogens is 352 g/mol. The van der Waals surface area contributed by atoms with Crippen LogP contribution in [0.25, 0.3) is 12.2 Å². The highest BCUT2D eigenvalue weighted by molar-refractivity contribution is 6.15. The Bertz CT molecular complexity index is 888. The first-order chi connectivity index (χ1) is 13.5. The topological polar surface area (TPSA) is 75.3 Å². The Labute approximate surface area is 164 Å². The Balaban J connectivity index is 1.75. The van der Waals surface area contributed by atoms with E-state index >= 15 is 0 Å². The van der Waals surface area contributed by atoms with Gasteiger partial charge in [0.15, 0.2) is 5.78 Å². The normalized spacial score (nSPS) is 16.4. The summed E-state index contributed by atoms with van der Waals surface area (Å²) in [5, 5.41) is 5.17. The largest absolute Gasteiger partial charge is 0.355 e. The van der Waals surface area contributed by atoms with E-state index in [-0.39, 0.29) is 17.6 Å². The van der Waals surface area contributed by atoms with Gasteiger partial charge < -0.3 is 10.6 Å². The van der Waals surface area contributed by atoms with Crippen LogP contribution in [0.1, 0.15) is 44.7 Å². The zero-order valence-corrected chi connectivity index (χ0v) is 15.9. The Kier molecular flexibility index (Phi) is 5.84. The van der Waals surface area contributed by atoms with Crippen LogP contribution in [-0.4, -0.2) is 31.7 Å². The third-order valence-corrected chi connectivity index (χ3v) is 4.73. The Morgan fingerprint density at radius 2 is 1.07 bits per heavy atom. The van der Waals surface area contributed by atoms with Crippen LogP contribution in [0.3, 0.4) is 0 Å². The van der Waals surface area contributed by atoms with Crippen molar-refractivity contribution in [3.05, 3.63) is 81.9 Å². The molecule has 1 saturated carbocycles. The van der Waals surface area contributed by atoms with Crippen LogP contribution in [0.2, 0.25) is 0 Å². The fraction of sp³-hybridized carbons (Fsp3) is 0.174. The lowest BCUT2D eigenvalue weighted by Crippen LogP contribution is -2.17. The average Bonchev–Trinajstić information content (AvgIpc) is 3.07. The molecule has 1 aliphatic rings. The van der Waals surface area contributed by atoms with Gasteiger partial charge in [-0.15, -0.1) is 0 Å². The molecule has 0 radical (unpaired) electrons. The maximum Gasteiger partial charge on any atom is 0.251 e. The van der Waals surface area contributed by atoms with Crippen molar-refractivity contribution in [3.8, 4) is 0 Å². The molecule has 2 amide bonds. The van der Waals surface area contributed by atoms with Crippen molar-refractivity contribution in [2.24, 2.45) is 0 Å². The van der Waals surface area contributed by atoms with Crippen LogP contribution in [0.5, 0.6) is 0 Å². The first kappa shape index (κ1) is 19.3. The lowest BCUT2D eigenvalue weighted by molar-refractivity contribution is -0.111. The standard InChI is InChI=1S/C23H22N2O3/c1-24-22(27)17-7-3-15(4-8-17)13-19-11-12-20(21(19)26)14-16-5-9-18(10-6-16)23(28)25-2/h3-10,13-14H,11-12H2,1-2H3,(H,24,27)(H,25,28). The highest BCUT2D eigenvalue weighted by Crippen LogP contribution is 2.29. The number of amides is 2. The first-order valence-corrected chi connectivity index (χ1v) is 9.12. The zero-order valence-electron chi connectivity index (χ0n) is 15.9. The molecule has 2 aromatic carbocycles. The predicted molar refractivity (Wildman–Crippen MR) is 110 cm³/mol. The summed E-state index contributed by atoms with van der Waals surface area (Å²) in [5.74, 6) is -0.224. The van der Waals surface area contributed by atoms with Crippen molar-refractivity contribution in [1.29, 1.82) is 0 Å². The van der Waals surface area contributed by atoms with Gasteiger partial charge in [0.1, 0.15) is 0 Å². The van der Waals surface area contributed by atoms with Crippen molar-refractivity contribution in [2.75, 3.05) is 14.1 Å². The van der Waals surface area contributed by atoms with E-state index in [0.29, 0.717) is 24.0 Å². The summed E-state index contributed by atoms with van der Waals surface area (Å²) < 4.78 is 0. The molecule has 2 aromatic rings. The monoisotopic (exact) mass is 374 g/mol. The van der Waals surface area contributed by atoms with E-state index in [9.17, 15) is 14.4 Å². The molecule has 1 aliphatic carbocycles. The molecular formula is C23H22N2O3. The number of hydrogen-bond donors (Lipinski definition) is 2. The second kappa shape index (κ2) is 8.48. The molecule has 0 saturated heterocycles. The van der Waals surface area contributed by atoms with Crippen molar-refractivity contribution < 1.29 is 14.4 Å². The van der Waals surface area contributed by atoms with Gasteiger partial charge in [-0.1, -0.05) is 24.3 Å². The predicted octanol–water partition coefficient (Wildman–Crippen LogP) is 3.24. The molecule has 0 atom stereocenters. The quantitative estimate of drug-likeness (QED) is 0.807. The third-order valence-electron chi connectivity index (χ3n) is 4.73. The number of carbonyl (C=O) groups is 3. The first-order valence-electron chi connectivity index (χ1n) is 9.12.